The summed E-state index contributed by atoms with van der Waals surface area (Å²) in [5, 5.41) is 14.8. The highest BCUT2D eigenvalue weighted by molar-refractivity contribution is 6.23. The van der Waals surface area contributed by atoms with E-state index >= 15 is 0 Å². The summed E-state index contributed by atoms with van der Waals surface area (Å²) in [6, 6.07) is 0. The van der Waals surface area contributed by atoms with Gasteiger partial charge in [0, 0.05) is 0 Å². The molecule has 0 aromatic carbocycles. The minimum absolute atomic E-state index is 0.486. The van der Waals surface area contributed by atoms with Gasteiger partial charge >= 0.3 is 29.1 Å². The summed E-state index contributed by atoms with van der Waals surface area (Å²) >= 11 is 5.93. The van der Waals surface area contributed by atoms with Crippen LogP contribution in [0.4, 0.5) is 0 Å². The fraction of sp³-hybridized carbons (Fsp3) is 0.636. The second-order valence-electron chi connectivity index (χ2n) is 4.30. The minimum Gasteiger partial charge on any atom is -0.481 e. The number of ether oxygens (including phenoxy) is 2. The average Bonchev–Trinajstić information content (AvgIpc) is 2.08. The topological polar surface area (TPSA) is 127 Å². The van der Waals surface area contributed by atoms with E-state index in [4.69, 9.17) is 31.3 Å². The van der Waals surface area contributed by atoms with Gasteiger partial charge in [-0.1, -0.05) is 6.42 Å². The van der Waals surface area contributed by atoms with Crippen LogP contribution in [-0.4, -0.2) is 39.3 Å². The first kappa shape index (κ1) is 16.2. The third-order valence-corrected chi connectivity index (χ3v) is 3.15. The number of alkyl halides is 1. The first-order chi connectivity index (χ1) is 9.23. The molecule has 0 spiro atoms. The molecule has 0 amide bonds. The van der Waals surface area contributed by atoms with Gasteiger partial charge in [0.15, 0.2) is 0 Å². The smallest absolute Gasteiger partial charge is 0.340 e. The van der Waals surface area contributed by atoms with Gasteiger partial charge in [-0.05, 0) is 24.4 Å². The minimum atomic E-state index is -2.14. The Balaban J connectivity index is 2.70. The Labute approximate surface area is 118 Å². The predicted octanol–water partition coefficient (Wildman–Crippen LogP) is 0.715. The lowest BCUT2D eigenvalue weighted by molar-refractivity contribution is -0.221. The Kier molecular flexibility index (Phi) is 5.32. The molecule has 0 saturated heterocycles. The first-order valence-corrected chi connectivity index (χ1v) is 6.17. The Hall–Kier alpha value is -1.83. The molecule has 0 unspecified atom stereocenters. The van der Waals surface area contributed by atoms with Crippen molar-refractivity contribution in [1.82, 2.24) is 0 Å². The van der Waals surface area contributed by atoms with Crippen molar-refractivity contribution in [3.8, 4) is 0 Å². The van der Waals surface area contributed by atoms with Crippen molar-refractivity contribution in [1.29, 1.82) is 0 Å². The Morgan fingerprint density at radius 3 is 1.65 bits per heavy atom. The maximum atomic E-state index is 11.3. The van der Waals surface area contributed by atoms with Gasteiger partial charge in [-0.15, -0.1) is 0 Å². The fourth-order valence-corrected chi connectivity index (χ4v) is 1.96. The summed E-state index contributed by atoms with van der Waals surface area (Å²) in [6.07, 6.45) is -0.0458. The van der Waals surface area contributed by atoms with E-state index in [0.717, 1.165) is 6.42 Å². The molecule has 20 heavy (non-hydrogen) atoms. The summed E-state index contributed by atoms with van der Waals surface area (Å²) in [6.45, 7) is 0. The number of carboxylic acid groups (broad SMARTS) is 2. The van der Waals surface area contributed by atoms with Crippen molar-refractivity contribution in [3.05, 3.63) is 0 Å². The predicted molar refractivity (Wildman–Crippen MR) is 62.6 cm³/mol. The molecule has 0 aromatic rings. The lowest BCUT2D eigenvalue weighted by Gasteiger charge is -2.38. The standard InChI is InChI=1S/C11H13ClO8/c12-11(6-2-1-3-6,19-9(17)4-7(13)14)20-10(18)5-8(15)16/h6H,1-5H2,(H,13,14)(H,15,16). The summed E-state index contributed by atoms with van der Waals surface area (Å²) in [5.74, 6) is -5.65. The number of carbonyl (C=O) groups is 4. The van der Waals surface area contributed by atoms with Crippen LogP contribution in [0, 0.1) is 5.92 Å². The van der Waals surface area contributed by atoms with Crippen LogP contribution in [0.5, 0.6) is 0 Å². The van der Waals surface area contributed by atoms with E-state index in [1.165, 1.54) is 0 Å². The second-order valence-corrected chi connectivity index (χ2v) is 4.83. The number of carbonyl (C=O) groups excluding carboxylic acids is 2. The molecular formula is C11H13ClO8. The van der Waals surface area contributed by atoms with Crippen LogP contribution < -0.4 is 0 Å². The largest absolute Gasteiger partial charge is 0.481 e. The Morgan fingerprint density at radius 1 is 1.00 bits per heavy atom. The molecule has 0 aromatic heterocycles. The molecule has 9 heteroatoms. The normalized spacial score (nSPS) is 15.1. The van der Waals surface area contributed by atoms with Gasteiger partial charge in [0.2, 0.25) is 0 Å². The molecule has 1 saturated carbocycles. The zero-order chi connectivity index (χ0) is 15.3. The van der Waals surface area contributed by atoms with Crippen LogP contribution in [0.2, 0.25) is 0 Å². The van der Waals surface area contributed by atoms with E-state index in [0.29, 0.717) is 12.8 Å². The maximum absolute atomic E-state index is 11.3. The number of esters is 2. The van der Waals surface area contributed by atoms with Crippen molar-refractivity contribution in [2.75, 3.05) is 0 Å². The Morgan fingerprint density at radius 2 is 1.40 bits per heavy atom. The quantitative estimate of drug-likeness (QED) is 0.305. The molecular weight excluding hydrogens is 296 g/mol. The van der Waals surface area contributed by atoms with Gasteiger partial charge in [-0.3, -0.25) is 19.2 Å². The van der Waals surface area contributed by atoms with Crippen LogP contribution in [0.15, 0.2) is 0 Å². The van der Waals surface area contributed by atoms with Crippen LogP contribution >= 0.6 is 11.6 Å². The Bertz CT molecular complexity index is 398. The molecule has 0 atom stereocenters. The van der Waals surface area contributed by atoms with Crippen molar-refractivity contribution < 1.29 is 38.9 Å². The molecule has 1 aliphatic rings. The molecule has 1 fully saturated rings. The van der Waals surface area contributed by atoms with Gasteiger partial charge in [-0.25, -0.2) is 0 Å². The number of halogens is 1. The van der Waals surface area contributed by atoms with Gasteiger partial charge in [0.05, 0.1) is 5.92 Å². The highest BCUT2D eigenvalue weighted by Crippen LogP contribution is 2.42. The van der Waals surface area contributed by atoms with Crippen molar-refractivity contribution in [2.45, 2.75) is 37.4 Å². The number of hydrogen-bond acceptors (Lipinski definition) is 6. The average molecular weight is 309 g/mol. The SMILES string of the molecule is O=C(O)CC(=O)OC(Cl)(OC(=O)CC(=O)O)C1CCC1. The van der Waals surface area contributed by atoms with Gasteiger partial charge < -0.3 is 19.7 Å². The van der Waals surface area contributed by atoms with Crippen molar-refractivity contribution in [2.24, 2.45) is 5.92 Å². The highest BCUT2D eigenvalue weighted by Gasteiger charge is 2.48. The first-order valence-electron chi connectivity index (χ1n) is 5.79. The highest BCUT2D eigenvalue weighted by atomic mass is 35.5. The molecule has 0 radical (unpaired) electrons. The van der Waals surface area contributed by atoms with E-state index in [1.54, 1.807) is 0 Å². The van der Waals surface area contributed by atoms with E-state index in [-0.39, 0.29) is 0 Å². The van der Waals surface area contributed by atoms with E-state index in [9.17, 15) is 19.2 Å². The third-order valence-electron chi connectivity index (χ3n) is 2.69. The van der Waals surface area contributed by atoms with Crippen molar-refractivity contribution >= 4 is 35.5 Å². The third kappa shape index (κ3) is 4.69. The number of rotatable bonds is 7. The molecule has 1 aliphatic carbocycles. The number of aliphatic carboxylic acids is 2. The summed E-state index contributed by atoms with van der Waals surface area (Å²) < 4.78 is 9.43. The van der Waals surface area contributed by atoms with Crippen LogP contribution in [0.1, 0.15) is 32.1 Å². The van der Waals surface area contributed by atoms with E-state index in [1.807, 2.05) is 0 Å². The fourth-order valence-electron chi connectivity index (χ4n) is 1.57. The van der Waals surface area contributed by atoms with Gasteiger partial charge in [0.1, 0.15) is 12.8 Å². The van der Waals surface area contributed by atoms with E-state index in [2.05, 4.69) is 0 Å². The lowest BCUT2D eigenvalue weighted by atomic mass is 9.84. The van der Waals surface area contributed by atoms with Crippen molar-refractivity contribution in [3.63, 3.8) is 0 Å². The molecule has 8 nitrogen and oxygen atoms in total. The molecule has 112 valence electrons. The van der Waals surface area contributed by atoms with E-state index < -0.39 is 47.9 Å². The summed E-state index contributed by atoms with van der Waals surface area (Å²) in [5.41, 5.74) is 0. The van der Waals surface area contributed by atoms with Crippen LogP contribution in [-0.2, 0) is 28.7 Å². The molecule has 1 rings (SSSR count). The zero-order valence-corrected chi connectivity index (χ0v) is 11.1. The summed E-state index contributed by atoms with van der Waals surface area (Å²) in [7, 11) is 0. The molecule has 0 bridgehead atoms. The molecule has 0 aliphatic heterocycles. The zero-order valence-electron chi connectivity index (χ0n) is 10.3. The van der Waals surface area contributed by atoms with Gasteiger partial charge in [0.25, 0.3) is 0 Å². The van der Waals surface area contributed by atoms with Crippen LogP contribution in [0.25, 0.3) is 0 Å². The maximum Gasteiger partial charge on any atom is 0.340 e. The second kappa shape index (κ2) is 6.56. The summed E-state index contributed by atoms with van der Waals surface area (Å²) in [4.78, 5) is 43.4. The number of hydrogen-bond donors (Lipinski definition) is 2. The lowest BCUT2D eigenvalue weighted by Crippen LogP contribution is -2.45. The molecule has 2 N–H and O–H groups in total. The molecule has 0 heterocycles. The van der Waals surface area contributed by atoms with Crippen LogP contribution in [0.3, 0.4) is 0 Å². The number of carboxylic acids is 2. The monoisotopic (exact) mass is 308 g/mol. The van der Waals surface area contributed by atoms with Gasteiger partial charge in [-0.2, -0.15) is 0 Å².